The molecule has 0 atom stereocenters. The first-order valence-electron chi connectivity index (χ1n) is 7.89. The summed E-state index contributed by atoms with van der Waals surface area (Å²) in [7, 11) is 0. The van der Waals surface area contributed by atoms with Crippen LogP contribution >= 0.6 is 0 Å². The van der Waals surface area contributed by atoms with Crippen LogP contribution in [0.1, 0.15) is 16.1 Å². The molecule has 0 aliphatic heterocycles. The highest BCUT2D eigenvalue weighted by Gasteiger charge is 2.21. The van der Waals surface area contributed by atoms with E-state index < -0.39 is 18.5 Å². The van der Waals surface area contributed by atoms with Crippen LogP contribution < -0.4 is 11.1 Å². The first kappa shape index (κ1) is 17.2. The van der Waals surface area contributed by atoms with Crippen molar-refractivity contribution in [1.82, 2.24) is 5.16 Å². The average Bonchev–Trinajstić information content (AvgIpc) is 2.99. The van der Waals surface area contributed by atoms with Gasteiger partial charge < -0.3 is 20.3 Å². The number of benzene rings is 2. The molecule has 132 valence electrons. The number of hydrogen-bond donors (Lipinski definition) is 2. The lowest BCUT2D eigenvalue weighted by Crippen LogP contribution is -2.21. The molecule has 0 spiro atoms. The van der Waals surface area contributed by atoms with Crippen molar-refractivity contribution in [3.63, 3.8) is 0 Å². The van der Waals surface area contributed by atoms with Crippen molar-refractivity contribution < 1.29 is 18.8 Å². The number of carbonyl (C=O) groups excluding carboxylic acids is 2. The van der Waals surface area contributed by atoms with Gasteiger partial charge in [0.1, 0.15) is 5.56 Å². The lowest BCUT2D eigenvalue weighted by molar-refractivity contribution is -0.119. The van der Waals surface area contributed by atoms with Gasteiger partial charge in [0, 0.05) is 11.3 Å². The van der Waals surface area contributed by atoms with E-state index in [1.54, 1.807) is 13.0 Å². The van der Waals surface area contributed by atoms with E-state index in [4.69, 9.17) is 15.0 Å². The van der Waals surface area contributed by atoms with Crippen molar-refractivity contribution in [3.05, 3.63) is 65.9 Å². The molecule has 3 N–H and O–H groups in total. The zero-order valence-corrected chi connectivity index (χ0v) is 14.1. The molecule has 7 nitrogen and oxygen atoms in total. The van der Waals surface area contributed by atoms with Gasteiger partial charge in [-0.05, 0) is 18.6 Å². The summed E-state index contributed by atoms with van der Waals surface area (Å²) >= 11 is 0. The van der Waals surface area contributed by atoms with Gasteiger partial charge >= 0.3 is 5.97 Å². The first-order valence-corrected chi connectivity index (χ1v) is 7.89. The smallest absolute Gasteiger partial charge is 0.346 e. The van der Waals surface area contributed by atoms with Crippen molar-refractivity contribution in [3.8, 4) is 11.1 Å². The minimum atomic E-state index is -0.757. The highest BCUT2D eigenvalue weighted by Crippen LogP contribution is 2.27. The van der Waals surface area contributed by atoms with Crippen LogP contribution in [0.4, 0.5) is 11.6 Å². The fourth-order valence-corrected chi connectivity index (χ4v) is 2.49. The molecule has 1 heterocycles. The predicted molar refractivity (Wildman–Crippen MR) is 96.4 cm³/mol. The van der Waals surface area contributed by atoms with Gasteiger partial charge in [-0.25, -0.2) is 4.79 Å². The van der Waals surface area contributed by atoms with E-state index in [0.29, 0.717) is 11.4 Å². The summed E-state index contributed by atoms with van der Waals surface area (Å²) in [6, 6.07) is 17.0. The third kappa shape index (κ3) is 3.72. The van der Waals surface area contributed by atoms with E-state index in [1.807, 2.05) is 48.5 Å². The Morgan fingerprint density at radius 3 is 2.50 bits per heavy atom. The number of anilines is 2. The molecule has 0 radical (unpaired) electrons. The molecule has 0 fully saturated rings. The highest BCUT2D eigenvalue weighted by molar-refractivity contribution is 5.99. The number of nitrogens with two attached hydrogens (primary N) is 1. The second kappa shape index (κ2) is 7.52. The van der Waals surface area contributed by atoms with Gasteiger partial charge in [0.2, 0.25) is 5.88 Å². The van der Waals surface area contributed by atoms with Crippen LogP contribution in [0.2, 0.25) is 0 Å². The summed E-state index contributed by atoms with van der Waals surface area (Å²) in [6.45, 7) is 1.11. The normalized spacial score (nSPS) is 10.3. The van der Waals surface area contributed by atoms with Crippen LogP contribution in [0.5, 0.6) is 0 Å². The van der Waals surface area contributed by atoms with Crippen molar-refractivity contribution >= 4 is 23.4 Å². The van der Waals surface area contributed by atoms with Crippen molar-refractivity contribution in [2.45, 2.75) is 6.92 Å². The number of nitrogens with one attached hydrogen (secondary N) is 1. The maximum absolute atomic E-state index is 12.2. The number of nitrogen functional groups attached to an aromatic ring is 1. The quantitative estimate of drug-likeness (QED) is 0.684. The molecule has 0 saturated heterocycles. The molecule has 26 heavy (non-hydrogen) atoms. The summed E-state index contributed by atoms with van der Waals surface area (Å²) in [5.41, 5.74) is 8.32. The molecule has 1 aromatic heterocycles. The Kier molecular flexibility index (Phi) is 4.98. The molecule has 0 unspecified atom stereocenters. The summed E-state index contributed by atoms with van der Waals surface area (Å²) in [4.78, 5) is 24.2. The van der Waals surface area contributed by atoms with E-state index in [9.17, 15) is 9.59 Å². The number of amides is 1. The fourth-order valence-electron chi connectivity index (χ4n) is 2.49. The lowest BCUT2D eigenvalue weighted by Gasteiger charge is -2.11. The summed E-state index contributed by atoms with van der Waals surface area (Å²) in [6.07, 6.45) is 0. The third-order valence-electron chi connectivity index (χ3n) is 3.71. The van der Waals surface area contributed by atoms with Crippen molar-refractivity contribution in [2.75, 3.05) is 17.7 Å². The number of rotatable bonds is 5. The van der Waals surface area contributed by atoms with Crippen LogP contribution in [-0.4, -0.2) is 23.6 Å². The van der Waals surface area contributed by atoms with Gasteiger partial charge in [0.05, 0.1) is 5.69 Å². The van der Waals surface area contributed by atoms with Gasteiger partial charge in [0.25, 0.3) is 5.91 Å². The van der Waals surface area contributed by atoms with E-state index in [1.165, 1.54) is 0 Å². The van der Waals surface area contributed by atoms with Gasteiger partial charge in [-0.3, -0.25) is 4.79 Å². The maximum atomic E-state index is 12.2. The number of hydrogen-bond acceptors (Lipinski definition) is 6. The van der Waals surface area contributed by atoms with E-state index in [0.717, 1.165) is 11.1 Å². The van der Waals surface area contributed by atoms with Crippen LogP contribution in [0, 0.1) is 6.92 Å². The number of nitrogens with zero attached hydrogens (tertiary/aromatic N) is 1. The SMILES string of the molecule is Cc1noc(N)c1C(=O)OCC(=O)Nc1ccccc1-c1ccccc1. The topological polar surface area (TPSA) is 107 Å². The summed E-state index contributed by atoms with van der Waals surface area (Å²) in [5.74, 6) is -1.36. The molecule has 0 aliphatic carbocycles. The zero-order chi connectivity index (χ0) is 18.5. The maximum Gasteiger partial charge on any atom is 0.346 e. The molecule has 1 amide bonds. The molecule has 7 heteroatoms. The van der Waals surface area contributed by atoms with E-state index >= 15 is 0 Å². The van der Waals surface area contributed by atoms with E-state index in [2.05, 4.69) is 10.5 Å². The molecule has 2 aromatic carbocycles. The average molecular weight is 351 g/mol. The van der Waals surface area contributed by atoms with Gasteiger partial charge in [-0.15, -0.1) is 0 Å². The molecular formula is C19H17N3O4. The number of ether oxygens (including phenoxy) is 1. The second-order valence-electron chi connectivity index (χ2n) is 5.54. The Bertz CT molecular complexity index is 915. The largest absolute Gasteiger partial charge is 0.452 e. The highest BCUT2D eigenvalue weighted by atomic mass is 16.5. The summed E-state index contributed by atoms with van der Waals surface area (Å²) < 4.78 is 9.71. The Hall–Kier alpha value is -3.61. The van der Waals surface area contributed by atoms with Gasteiger partial charge in [0.15, 0.2) is 6.61 Å². The second-order valence-corrected chi connectivity index (χ2v) is 5.54. The molecule has 0 aliphatic rings. The number of aromatic nitrogens is 1. The Morgan fingerprint density at radius 2 is 1.81 bits per heavy atom. The summed E-state index contributed by atoms with van der Waals surface area (Å²) in [5, 5.41) is 6.33. The Morgan fingerprint density at radius 1 is 1.12 bits per heavy atom. The zero-order valence-electron chi connectivity index (χ0n) is 14.1. The molecule has 0 bridgehead atoms. The number of para-hydroxylation sites is 1. The van der Waals surface area contributed by atoms with E-state index in [-0.39, 0.29) is 11.4 Å². The fraction of sp³-hybridized carbons (Fsp3) is 0.105. The first-order chi connectivity index (χ1) is 12.6. The molecular weight excluding hydrogens is 334 g/mol. The van der Waals surface area contributed by atoms with Gasteiger partial charge in [-0.2, -0.15) is 0 Å². The molecule has 0 saturated carbocycles. The van der Waals surface area contributed by atoms with Gasteiger partial charge in [-0.1, -0.05) is 53.7 Å². The number of aryl methyl sites for hydroxylation is 1. The van der Waals surface area contributed by atoms with Crippen LogP contribution in [-0.2, 0) is 9.53 Å². The monoisotopic (exact) mass is 351 g/mol. The molecule has 3 aromatic rings. The standard InChI is InChI=1S/C19H17N3O4/c1-12-17(18(20)26-22-12)19(24)25-11-16(23)21-15-10-6-5-9-14(15)13-7-3-2-4-8-13/h2-10H,11,20H2,1H3,(H,21,23). The number of esters is 1. The Balaban J connectivity index is 1.67. The van der Waals surface area contributed by atoms with Crippen LogP contribution in [0.3, 0.4) is 0 Å². The molecule has 3 rings (SSSR count). The Labute approximate surface area is 149 Å². The third-order valence-corrected chi connectivity index (χ3v) is 3.71. The van der Waals surface area contributed by atoms with Crippen LogP contribution in [0.25, 0.3) is 11.1 Å². The van der Waals surface area contributed by atoms with Crippen molar-refractivity contribution in [1.29, 1.82) is 0 Å². The lowest BCUT2D eigenvalue weighted by atomic mass is 10.0. The predicted octanol–water partition coefficient (Wildman–Crippen LogP) is 3.03. The minimum absolute atomic E-state index is 0.0301. The van der Waals surface area contributed by atoms with Crippen molar-refractivity contribution in [2.24, 2.45) is 0 Å². The van der Waals surface area contributed by atoms with Crippen LogP contribution in [0.15, 0.2) is 59.1 Å². The minimum Gasteiger partial charge on any atom is -0.452 e. The number of carbonyl (C=O) groups is 2.